The van der Waals surface area contributed by atoms with Gasteiger partial charge < -0.3 is 10.2 Å². The number of nitrogens with zero attached hydrogens (tertiary/aromatic N) is 2. The van der Waals surface area contributed by atoms with E-state index in [2.05, 4.69) is 4.90 Å². The summed E-state index contributed by atoms with van der Waals surface area (Å²) < 4.78 is 39.2. The van der Waals surface area contributed by atoms with Gasteiger partial charge in [-0.25, -0.2) is 0 Å². The van der Waals surface area contributed by atoms with Crippen LogP contribution in [0.15, 0.2) is 18.2 Å². The highest BCUT2D eigenvalue weighted by Crippen LogP contribution is 2.56. The average Bonchev–Trinajstić information content (AvgIpc) is 3.46. The first kappa shape index (κ1) is 19.6. The lowest BCUT2D eigenvalue weighted by molar-refractivity contribution is -0.152. The first-order valence-corrected chi connectivity index (χ1v) is 10.8. The second-order valence-electron chi connectivity index (χ2n) is 9.65. The first-order valence-electron chi connectivity index (χ1n) is 10.8. The van der Waals surface area contributed by atoms with Crippen LogP contribution in [0.4, 0.5) is 13.2 Å². The van der Waals surface area contributed by atoms with Crippen molar-refractivity contribution in [1.29, 1.82) is 0 Å². The van der Waals surface area contributed by atoms with Gasteiger partial charge in [0.2, 0.25) is 0 Å². The molecule has 160 valence electrons. The molecule has 0 amide bonds. The lowest BCUT2D eigenvalue weighted by Crippen LogP contribution is -2.71. The number of rotatable bonds is 3. The Morgan fingerprint density at radius 1 is 1.07 bits per heavy atom. The summed E-state index contributed by atoms with van der Waals surface area (Å²) in [6, 6.07) is 5.32. The fraction of sp³-hybridized carbons (Fsp3) is 0.727. The van der Waals surface area contributed by atoms with Gasteiger partial charge in [-0.1, -0.05) is 6.07 Å². The second kappa shape index (κ2) is 6.59. The van der Waals surface area contributed by atoms with Crippen molar-refractivity contribution < 1.29 is 23.4 Å². The minimum atomic E-state index is -4.24. The molecule has 1 aromatic rings. The summed E-state index contributed by atoms with van der Waals surface area (Å²) in [6.07, 6.45) is 0.475. The van der Waals surface area contributed by atoms with E-state index in [9.17, 15) is 23.4 Å². The zero-order chi connectivity index (χ0) is 20.4. The van der Waals surface area contributed by atoms with Gasteiger partial charge in [0.05, 0.1) is 12.1 Å². The molecule has 3 atom stereocenters. The normalized spacial score (nSPS) is 35.7. The molecule has 0 aromatic heterocycles. The molecular formula is C22H29F3N2O2. The molecule has 2 aliphatic heterocycles. The number of benzene rings is 1. The van der Waals surface area contributed by atoms with Gasteiger partial charge in [-0.15, -0.1) is 0 Å². The number of piperidine rings is 1. The van der Waals surface area contributed by atoms with E-state index in [-0.39, 0.29) is 18.3 Å². The molecular weight excluding hydrogens is 381 g/mol. The maximum atomic E-state index is 13.1. The molecule has 2 aliphatic carbocycles. The Hall–Kier alpha value is -1.31. The van der Waals surface area contributed by atoms with E-state index in [1.54, 1.807) is 12.1 Å². The van der Waals surface area contributed by atoms with Crippen molar-refractivity contribution in [2.75, 3.05) is 32.7 Å². The van der Waals surface area contributed by atoms with E-state index in [4.69, 9.17) is 0 Å². The van der Waals surface area contributed by atoms with Crippen molar-refractivity contribution in [3.05, 3.63) is 29.3 Å². The van der Waals surface area contributed by atoms with E-state index < -0.39 is 23.7 Å². The van der Waals surface area contributed by atoms with Crippen LogP contribution in [-0.2, 0) is 11.8 Å². The van der Waals surface area contributed by atoms with Gasteiger partial charge >= 0.3 is 6.18 Å². The van der Waals surface area contributed by atoms with E-state index in [0.717, 1.165) is 30.6 Å². The minimum Gasteiger partial charge on any atom is -0.508 e. The highest BCUT2D eigenvalue weighted by atomic mass is 19.4. The Morgan fingerprint density at radius 3 is 2.52 bits per heavy atom. The van der Waals surface area contributed by atoms with Crippen molar-refractivity contribution in [3.63, 3.8) is 0 Å². The van der Waals surface area contributed by atoms with Crippen LogP contribution in [0.25, 0.3) is 0 Å². The molecule has 7 heteroatoms. The number of likely N-dealkylation sites (tertiary alicyclic amines) is 2. The van der Waals surface area contributed by atoms with Gasteiger partial charge in [-0.3, -0.25) is 9.80 Å². The lowest BCUT2D eigenvalue weighted by Gasteiger charge is -2.61. The zero-order valence-electron chi connectivity index (χ0n) is 16.6. The van der Waals surface area contributed by atoms with Gasteiger partial charge in [0.1, 0.15) is 5.75 Å². The van der Waals surface area contributed by atoms with Crippen LogP contribution in [0.1, 0.15) is 43.2 Å². The molecule has 3 unspecified atom stereocenters. The van der Waals surface area contributed by atoms with Crippen LogP contribution in [-0.4, -0.2) is 70.6 Å². The monoisotopic (exact) mass is 410 g/mol. The number of fused-ring (bicyclic) bond motifs is 1. The molecule has 3 fully saturated rings. The van der Waals surface area contributed by atoms with Crippen molar-refractivity contribution in [3.8, 4) is 5.75 Å². The average molecular weight is 410 g/mol. The van der Waals surface area contributed by atoms with Crippen LogP contribution in [0.5, 0.6) is 5.75 Å². The van der Waals surface area contributed by atoms with Crippen LogP contribution < -0.4 is 0 Å². The van der Waals surface area contributed by atoms with Crippen LogP contribution in [0, 0.1) is 5.92 Å². The number of aliphatic hydroxyl groups is 1. The van der Waals surface area contributed by atoms with Crippen LogP contribution in [0.3, 0.4) is 0 Å². The Morgan fingerprint density at radius 2 is 1.79 bits per heavy atom. The SMILES string of the molecule is Oc1ccc2c(c1)C13CCN(CC(F)(F)F)CCC1(O)C(C2)N(CC1CC1)CC3. The van der Waals surface area contributed by atoms with Crippen LogP contribution >= 0.6 is 0 Å². The topological polar surface area (TPSA) is 46.9 Å². The quantitative estimate of drug-likeness (QED) is 0.804. The molecule has 4 nitrogen and oxygen atoms in total. The first-order chi connectivity index (χ1) is 13.7. The van der Waals surface area contributed by atoms with Crippen molar-refractivity contribution in [1.82, 2.24) is 9.80 Å². The molecule has 5 rings (SSSR count). The van der Waals surface area contributed by atoms with Gasteiger partial charge in [0.15, 0.2) is 0 Å². The maximum absolute atomic E-state index is 13.1. The third kappa shape index (κ3) is 3.26. The molecule has 4 aliphatic rings. The molecule has 0 radical (unpaired) electrons. The summed E-state index contributed by atoms with van der Waals surface area (Å²) in [5.74, 6) is 0.857. The third-order valence-electron chi connectivity index (χ3n) is 7.93. The fourth-order valence-corrected chi connectivity index (χ4v) is 6.32. The molecule has 29 heavy (non-hydrogen) atoms. The molecule has 2 heterocycles. The predicted octanol–water partition coefficient (Wildman–Crippen LogP) is 3.06. The highest BCUT2D eigenvalue weighted by molar-refractivity contribution is 5.48. The second-order valence-corrected chi connectivity index (χ2v) is 9.65. The largest absolute Gasteiger partial charge is 0.508 e. The van der Waals surface area contributed by atoms with Gasteiger partial charge in [0, 0.05) is 24.5 Å². The molecule has 2 N–H and O–H groups in total. The lowest BCUT2D eigenvalue weighted by atomic mass is 9.52. The summed E-state index contributed by atoms with van der Waals surface area (Å²) in [5, 5.41) is 22.3. The van der Waals surface area contributed by atoms with E-state index in [0.29, 0.717) is 31.7 Å². The Kier molecular flexibility index (Phi) is 4.47. The number of aromatic hydroxyl groups is 1. The van der Waals surface area contributed by atoms with E-state index in [1.807, 2.05) is 6.07 Å². The van der Waals surface area contributed by atoms with Gasteiger partial charge in [0.25, 0.3) is 0 Å². The highest BCUT2D eigenvalue weighted by Gasteiger charge is 2.63. The number of hydrogen-bond donors (Lipinski definition) is 2. The molecule has 0 spiro atoms. The summed E-state index contributed by atoms with van der Waals surface area (Å²) in [5.41, 5.74) is 0.421. The molecule has 2 bridgehead atoms. The van der Waals surface area contributed by atoms with E-state index in [1.165, 1.54) is 17.7 Å². The molecule has 2 saturated heterocycles. The number of halogens is 3. The predicted molar refractivity (Wildman–Crippen MR) is 103 cm³/mol. The number of phenols is 1. The maximum Gasteiger partial charge on any atom is 0.401 e. The van der Waals surface area contributed by atoms with E-state index >= 15 is 0 Å². The minimum absolute atomic E-state index is 0.0697. The number of phenolic OH excluding ortho intramolecular Hbond substituents is 1. The Labute approximate surface area is 169 Å². The third-order valence-corrected chi connectivity index (χ3v) is 7.93. The fourth-order valence-electron chi connectivity index (χ4n) is 6.32. The van der Waals surface area contributed by atoms with Crippen molar-refractivity contribution >= 4 is 0 Å². The molecule has 1 aromatic carbocycles. The summed E-state index contributed by atoms with van der Waals surface area (Å²) >= 11 is 0. The zero-order valence-corrected chi connectivity index (χ0v) is 16.6. The summed E-state index contributed by atoms with van der Waals surface area (Å²) in [6.45, 7) is 1.47. The molecule has 1 saturated carbocycles. The smallest absolute Gasteiger partial charge is 0.401 e. The van der Waals surface area contributed by atoms with Crippen molar-refractivity contribution in [2.45, 2.75) is 61.8 Å². The summed E-state index contributed by atoms with van der Waals surface area (Å²) in [7, 11) is 0. The number of alkyl halides is 3. The van der Waals surface area contributed by atoms with Gasteiger partial charge in [-0.05, 0) is 80.8 Å². The standard InChI is InChI=1S/C22H29F3N2O2/c23-22(24,25)14-26-8-5-20-6-10-27(13-15-1-2-15)19(21(20,29)7-9-26)11-16-3-4-17(28)12-18(16)20/h3-4,12,15,19,28-29H,1-2,5-11,13-14H2. The Bertz CT molecular complexity index is 797. The van der Waals surface area contributed by atoms with Crippen LogP contribution in [0.2, 0.25) is 0 Å². The van der Waals surface area contributed by atoms with Gasteiger partial charge in [-0.2, -0.15) is 13.2 Å². The van der Waals surface area contributed by atoms with Crippen molar-refractivity contribution in [2.24, 2.45) is 5.92 Å². The Balaban J connectivity index is 1.55. The summed E-state index contributed by atoms with van der Waals surface area (Å²) in [4.78, 5) is 3.86. The number of hydrogen-bond acceptors (Lipinski definition) is 4.